The van der Waals surface area contributed by atoms with Crippen molar-refractivity contribution in [3.05, 3.63) is 42.2 Å². The number of aromatic nitrogens is 2. The standard InChI is InChI=1S/C12H16N4/c1-10-4-2-5-11(13)12(10)14-7-9-16-8-3-6-15-16/h2-6,8,14H,7,9,13H2,1H3. The van der Waals surface area contributed by atoms with Gasteiger partial charge in [-0.15, -0.1) is 0 Å². The first-order chi connectivity index (χ1) is 7.77. The smallest absolute Gasteiger partial charge is 0.0604 e. The fraction of sp³-hybridized carbons (Fsp3) is 0.250. The van der Waals surface area contributed by atoms with Crippen molar-refractivity contribution in [1.29, 1.82) is 0 Å². The second-order valence-electron chi connectivity index (χ2n) is 3.74. The van der Waals surface area contributed by atoms with Crippen molar-refractivity contribution < 1.29 is 0 Å². The predicted octanol–water partition coefficient (Wildman–Crippen LogP) is 1.89. The number of nitrogens with two attached hydrogens (primary N) is 1. The molecule has 1 aromatic carbocycles. The van der Waals surface area contributed by atoms with E-state index >= 15 is 0 Å². The molecule has 4 heteroatoms. The van der Waals surface area contributed by atoms with Gasteiger partial charge in [0.05, 0.1) is 17.9 Å². The summed E-state index contributed by atoms with van der Waals surface area (Å²) in [6.45, 7) is 3.70. The number of anilines is 2. The first-order valence-electron chi connectivity index (χ1n) is 5.34. The van der Waals surface area contributed by atoms with Crippen LogP contribution in [0.3, 0.4) is 0 Å². The third-order valence-electron chi connectivity index (χ3n) is 2.51. The maximum absolute atomic E-state index is 5.90. The Morgan fingerprint density at radius 2 is 2.25 bits per heavy atom. The Hall–Kier alpha value is -1.97. The fourth-order valence-electron chi connectivity index (χ4n) is 1.66. The molecule has 0 saturated heterocycles. The number of rotatable bonds is 4. The molecule has 0 radical (unpaired) electrons. The van der Waals surface area contributed by atoms with Crippen molar-refractivity contribution >= 4 is 11.4 Å². The van der Waals surface area contributed by atoms with Crippen LogP contribution in [0, 0.1) is 6.92 Å². The van der Waals surface area contributed by atoms with Crippen LogP contribution in [0.25, 0.3) is 0 Å². The van der Waals surface area contributed by atoms with Gasteiger partial charge in [-0.25, -0.2) is 0 Å². The maximum atomic E-state index is 5.90. The minimum atomic E-state index is 0.792. The monoisotopic (exact) mass is 216 g/mol. The third-order valence-corrected chi connectivity index (χ3v) is 2.51. The number of nitrogens with one attached hydrogen (secondary N) is 1. The Bertz CT molecular complexity index is 428. The summed E-state index contributed by atoms with van der Waals surface area (Å²) in [5.74, 6) is 0. The highest BCUT2D eigenvalue weighted by molar-refractivity contribution is 5.69. The summed E-state index contributed by atoms with van der Waals surface area (Å²) in [7, 11) is 0. The minimum Gasteiger partial charge on any atom is -0.397 e. The Balaban J connectivity index is 1.95. The molecular formula is C12H16N4. The Morgan fingerprint density at radius 1 is 1.38 bits per heavy atom. The molecule has 0 bridgehead atoms. The van der Waals surface area contributed by atoms with E-state index in [1.807, 2.05) is 42.1 Å². The molecule has 3 N–H and O–H groups in total. The summed E-state index contributed by atoms with van der Waals surface area (Å²) in [5.41, 5.74) is 8.88. The molecule has 0 unspecified atom stereocenters. The molecule has 16 heavy (non-hydrogen) atoms. The molecule has 0 saturated carbocycles. The van der Waals surface area contributed by atoms with Gasteiger partial charge in [0, 0.05) is 18.9 Å². The van der Waals surface area contributed by atoms with Gasteiger partial charge in [0.1, 0.15) is 0 Å². The van der Waals surface area contributed by atoms with Gasteiger partial charge >= 0.3 is 0 Å². The highest BCUT2D eigenvalue weighted by atomic mass is 15.3. The van der Waals surface area contributed by atoms with Crippen LogP contribution in [0.5, 0.6) is 0 Å². The Kier molecular flexibility index (Phi) is 3.10. The average Bonchev–Trinajstić information content (AvgIpc) is 2.75. The predicted molar refractivity (Wildman–Crippen MR) is 66.3 cm³/mol. The summed E-state index contributed by atoms with van der Waals surface area (Å²) in [6, 6.07) is 7.83. The van der Waals surface area contributed by atoms with Gasteiger partial charge in [-0.1, -0.05) is 12.1 Å². The molecule has 0 aliphatic carbocycles. The van der Waals surface area contributed by atoms with E-state index in [-0.39, 0.29) is 0 Å². The number of aryl methyl sites for hydroxylation is 1. The van der Waals surface area contributed by atoms with Crippen molar-refractivity contribution in [2.75, 3.05) is 17.6 Å². The maximum Gasteiger partial charge on any atom is 0.0604 e. The molecule has 1 aromatic heterocycles. The zero-order valence-corrected chi connectivity index (χ0v) is 9.35. The van der Waals surface area contributed by atoms with Crippen LogP contribution in [0.1, 0.15) is 5.56 Å². The van der Waals surface area contributed by atoms with Gasteiger partial charge in [0.15, 0.2) is 0 Å². The van der Waals surface area contributed by atoms with Crippen molar-refractivity contribution in [2.24, 2.45) is 0 Å². The second-order valence-corrected chi connectivity index (χ2v) is 3.74. The average molecular weight is 216 g/mol. The zero-order chi connectivity index (χ0) is 11.4. The van der Waals surface area contributed by atoms with Crippen LogP contribution < -0.4 is 11.1 Å². The van der Waals surface area contributed by atoms with Gasteiger partial charge in [0.2, 0.25) is 0 Å². The molecule has 0 amide bonds. The van der Waals surface area contributed by atoms with Crippen LogP contribution in [0.2, 0.25) is 0 Å². The van der Waals surface area contributed by atoms with Crippen molar-refractivity contribution in [3.63, 3.8) is 0 Å². The van der Waals surface area contributed by atoms with E-state index in [9.17, 15) is 0 Å². The van der Waals surface area contributed by atoms with E-state index in [1.54, 1.807) is 6.20 Å². The normalized spacial score (nSPS) is 10.3. The number of para-hydroxylation sites is 1. The van der Waals surface area contributed by atoms with Crippen LogP contribution in [0.15, 0.2) is 36.7 Å². The summed E-state index contributed by atoms with van der Waals surface area (Å²) in [6.07, 6.45) is 3.73. The lowest BCUT2D eigenvalue weighted by molar-refractivity contribution is 0.638. The van der Waals surface area contributed by atoms with Crippen LogP contribution in [-0.4, -0.2) is 16.3 Å². The van der Waals surface area contributed by atoms with Gasteiger partial charge < -0.3 is 11.1 Å². The van der Waals surface area contributed by atoms with Crippen molar-refractivity contribution in [1.82, 2.24) is 9.78 Å². The number of benzene rings is 1. The molecule has 4 nitrogen and oxygen atoms in total. The van der Waals surface area contributed by atoms with Gasteiger partial charge in [0.25, 0.3) is 0 Å². The van der Waals surface area contributed by atoms with Crippen LogP contribution >= 0.6 is 0 Å². The molecule has 0 aliphatic rings. The minimum absolute atomic E-state index is 0.792. The Morgan fingerprint density at radius 3 is 2.94 bits per heavy atom. The van der Waals surface area contributed by atoms with E-state index in [0.717, 1.165) is 24.5 Å². The number of hydrogen-bond acceptors (Lipinski definition) is 3. The fourth-order valence-corrected chi connectivity index (χ4v) is 1.66. The summed E-state index contributed by atoms with van der Waals surface area (Å²) in [4.78, 5) is 0. The SMILES string of the molecule is Cc1cccc(N)c1NCCn1cccn1. The van der Waals surface area contributed by atoms with Crippen LogP contribution in [-0.2, 0) is 6.54 Å². The molecule has 2 aromatic rings. The Labute approximate surface area is 95.1 Å². The number of nitrogen functional groups attached to an aromatic ring is 1. The summed E-state index contributed by atoms with van der Waals surface area (Å²) < 4.78 is 1.89. The third kappa shape index (κ3) is 2.34. The molecule has 0 atom stereocenters. The van der Waals surface area contributed by atoms with Gasteiger partial charge in [-0.05, 0) is 24.6 Å². The lowest BCUT2D eigenvalue weighted by Gasteiger charge is -2.12. The van der Waals surface area contributed by atoms with E-state index in [0.29, 0.717) is 0 Å². The summed E-state index contributed by atoms with van der Waals surface area (Å²) in [5, 5.41) is 7.47. The number of nitrogens with zero attached hydrogens (tertiary/aromatic N) is 2. The van der Waals surface area contributed by atoms with Gasteiger partial charge in [-0.2, -0.15) is 5.10 Å². The number of hydrogen-bond donors (Lipinski definition) is 2. The van der Waals surface area contributed by atoms with E-state index in [4.69, 9.17) is 5.73 Å². The van der Waals surface area contributed by atoms with Crippen LogP contribution in [0.4, 0.5) is 11.4 Å². The topological polar surface area (TPSA) is 55.9 Å². The molecule has 2 rings (SSSR count). The molecule has 0 aliphatic heterocycles. The van der Waals surface area contributed by atoms with Gasteiger partial charge in [-0.3, -0.25) is 4.68 Å². The highest BCUT2D eigenvalue weighted by Crippen LogP contribution is 2.21. The molecule has 84 valence electrons. The second kappa shape index (κ2) is 4.70. The highest BCUT2D eigenvalue weighted by Gasteiger charge is 2.01. The molecule has 0 spiro atoms. The molecular weight excluding hydrogens is 200 g/mol. The lowest BCUT2D eigenvalue weighted by atomic mass is 10.1. The largest absolute Gasteiger partial charge is 0.397 e. The van der Waals surface area contributed by atoms with E-state index in [1.165, 1.54) is 5.56 Å². The van der Waals surface area contributed by atoms with E-state index < -0.39 is 0 Å². The zero-order valence-electron chi connectivity index (χ0n) is 9.35. The van der Waals surface area contributed by atoms with Crippen molar-refractivity contribution in [3.8, 4) is 0 Å². The lowest BCUT2D eigenvalue weighted by Crippen LogP contribution is -2.12. The first kappa shape index (κ1) is 10.5. The van der Waals surface area contributed by atoms with E-state index in [2.05, 4.69) is 10.4 Å². The van der Waals surface area contributed by atoms with Crippen molar-refractivity contribution in [2.45, 2.75) is 13.5 Å². The molecule has 1 heterocycles. The quantitative estimate of drug-likeness (QED) is 0.767. The molecule has 0 fully saturated rings. The first-order valence-corrected chi connectivity index (χ1v) is 5.34. The summed E-state index contributed by atoms with van der Waals surface area (Å²) >= 11 is 0.